The molecule has 0 N–H and O–H groups in total. The van der Waals surface area contributed by atoms with Crippen molar-refractivity contribution in [3.8, 4) is 17.1 Å². The Balaban J connectivity index is 1.35. The summed E-state index contributed by atoms with van der Waals surface area (Å²) in [5, 5.41) is 0. The average molecular weight is 469 g/mol. The fraction of sp³-hybridized carbons (Fsp3) is 0.593. The van der Waals surface area contributed by atoms with Gasteiger partial charge in [0.1, 0.15) is 12.7 Å². The van der Waals surface area contributed by atoms with E-state index in [1.807, 2.05) is 6.92 Å². The van der Waals surface area contributed by atoms with E-state index in [1.165, 1.54) is 24.1 Å². The molecule has 2 saturated heterocycles. The maximum absolute atomic E-state index is 12.8. The number of aromatic nitrogens is 1. The summed E-state index contributed by atoms with van der Waals surface area (Å²) in [7, 11) is 0. The molecule has 0 bridgehead atoms. The Hall–Kier alpha value is -2.35. The number of aryl methyl sites for hydroxylation is 1. The number of benzene rings is 1. The van der Waals surface area contributed by atoms with Crippen LogP contribution in [0.25, 0.3) is 11.3 Å². The predicted molar refractivity (Wildman–Crippen MR) is 132 cm³/mol. The lowest BCUT2D eigenvalue weighted by Crippen LogP contribution is -2.35. The number of fused-ring (bicyclic) bond motifs is 3. The van der Waals surface area contributed by atoms with E-state index in [4.69, 9.17) is 18.9 Å². The van der Waals surface area contributed by atoms with Crippen LogP contribution in [0.2, 0.25) is 0 Å². The van der Waals surface area contributed by atoms with E-state index in [9.17, 15) is 4.79 Å². The molecule has 0 spiro atoms. The average Bonchev–Trinajstić information content (AvgIpc) is 2.89. The van der Waals surface area contributed by atoms with Gasteiger partial charge >= 0.3 is 0 Å². The number of hydrogen-bond donors (Lipinski definition) is 0. The van der Waals surface area contributed by atoms with Gasteiger partial charge in [0.25, 0.3) is 0 Å². The topological polar surface area (TPSA) is 62.2 Å². The molecule has 7 heteroatoms. The van der Waals surface area contributed by atoms with Gasteiger partial charge in [-0.3, -0.25) is 4.79 Å². The molecule has 0 unspecified atom stereocenters. The van der Waals surface area contributed by atoms with Crippen LogP contribution >= 0.6 is 0 Å². The Labute approximate surface area is 201 Å². The highest BCUT2D eigenvalue weighted by Crippen LogP contribution is 2.36. The van der Waals surface area contributed by atoms with Crippen molar-refractivity contribution in [3.05, 3.63) is 45.6 Å². The van der Waals surface area contributed by atoms with E-state index >= 15 is 0 Å². The first-order valence-corrected chi connectivity index (χ1v) is 12.7. The van der Waals surface area contributed by atoms with Crippen LogP contribution in [0.3, 0.4) is 0 Å². The monoisotopic (exact) mass is 468 g/mol. The van der Waals surface area contributed by atoms with Crippen molar-refractivity contribution in [1.29, 1.82) is 0 Å². The summed E-state index contributed by atoms with van der Waals surface area (Å²) in [5.41, 5.74) is 5.48. The van der Waals surface area contributed by atoms with Gasteiger partial charge in [-0.25, -0.2) is 0 Å². The molecule has 1 atom stereocenters. The Morgan fingerprint density at radius 1 is 1.09 bits per heavy atom. The molecule has 5 rings (SSSR count). The van der Waals surface area contributed by atoms with Crippen molar-refractivity contribution in [2.45, 2.75) is 45.8 Å². The van der Waals surface area contributed by atoms with Gasteiger partial charge in [0.05, 0.1) is 25.5 Å². The molecular formula is C27H36N2O5. The van der Waals surface area contributed by atoms with Gasteiger partial charge in [-0.1, -0.05) is 6.07 Å². The molecule has 0 radical (unpaired) electrons. The van der Waals surface area contributed by atoms with Crippen molar-refractivity contribution >= 4 is 5.69 Å². The molecule has 0 saturated carbocycles. The SMILES string of the molecule is CCOCC1CCN(c2ccc3c(c2)CCn2c(OC[C@@H]4COCCO4)cc(=O)c(C)c2-3)CC1. The second-order valence-corrected chi connectivity index (χ2v) is 9.53. The van der Waals surface area contributed by atoms with Crippen LogP contribution in [-0.4, -0.2) is 63.4 Å². The third kappa shape index (κ3) is 4.88. The molecule has 1 aromatic heterocycles. The molecule has 4 heterocycles. The summed E-state index contributed by atoms with van der Waals surface area (Å²) in [5.74, 6) is 1.28. The first kappa shape index (κ1) is 23.4. The molecule has 3 aliphatic rings. The molecule has 2 fully saturated rings. The highest BCUT2D eigenvalue weighted by Gasteiger charge is 2.25. The fourth-order valence-electron chi connectivity index (χ4n) is 5.32. The van der Waals surface area contributed by atoms with E-state index in [0.717, 1.165) is 56.1 Å². The fourth-order valence-corrected chi connectivity index (χ4v) is 5.32. The van der Waals surface area contributed by atoms with Gasteiger partial charge in [-0.2, -0.15) is 0 Å². The number of nitrogens with zero attached hydrogens (tertiary/aromatic N) is 2. The number of pyridine rings is 1. The van der Waals surface area contributed by atoms with E-state index in [2.05, 4.69) is 34.6 Å². The smallest absolute Gasteiger partial charge is 0.197 e. The van der Waals surface area contributed by atoms with Crippen molar-refractivity contribution in [2.24, 2.45) is 5.92 Å². The molecular weight excluding hydrogens is 432 g/mol. The van der Waals surface area contributed by atoms with E-state index in [0.29, 0.717) is 38.2 Å². The second-order valence-electron chi connectivity index (χ2n) is 9.53. The van der Waals surface area contributed by atoms with Crippen LogP contribution in [0.15, 0.2) is 29.1 Å². The molecule has 1 aromatic carbocycles. The third-order valence-electron chi connectivity index (χ3n) is 7.30. The molecule has 3 aliphatic heterocycles. The molecule has 0 amide bonds. The number of piperidine rings is 1. The summed E-state index contributed by atoms with van der Waals surface area (Å²) in [6, 6.07) is 8.35. The predicted octanol–water partition coefficient (Wildman–Crippen LogP) is 3.43. The quantitative estimate of drug-likeness (QED) is 0.621. The van der Waals surface area contributed by atoms with Gasteiger partial charge in [-0.15, -0.1) is 0 Å². The lowest BCUT2D eigenvalue weighted by molar-refractivity contribution is -0.102. The zero-order valence-corrected chi connectivity index (χ0v) is 20.4. The first-order chi connectivity index (χ1) is 16.6. The third-order valence-corrected chi connectivity index (χ3v) is 7.30. The van der Waals surface area contributed by atoms with Crippen LogP contribution in [0, 0.1) is 12.8 Å². The molecule has 2 aromatic rings. The number of hydrogen-bond acceptors (Lipinski definition) is 6. The van der Waals surface area contributed by atoms with E-state index in [1.54, 1.807) is 6.07 Å². The van der Waals surface area contributed by atoms with Crippen molar-refractivity contribution in [1.82, 2.24) is 4.57 Å². The van der Waals surface area contributed by atoms with Crippen LogP contribution < -0.4 is 15.1 Å². The number of ether oxygens (including phenoxy) is 4. The zero-order chi connectivity index (χ0) is 23.5. The summed E-state index contributed by atoms with van der Waals surface area (Å²) in [6.45, 7) is 10.7. The Morgan fingerprint density at radius 2 is 1.94 bits per heavy atom. The largest absolute Gasteiger partial charge is 0.476 e. The standard InChI is InChI=1S/C27H36N2O5/c1-3-31-16-20-6-9-28(10-7-20)22-4-5-24-21(14-22)8-11-29-26(15-25(30)19(2)27(24)29)34-18-23-17-32-12-13-33-23/h4-5,14-15,20,23H,3,6-13,16-18H2,1-2H3/t23-/m0/s1. The molecule has 184 valence electrons. The number of rotatable bonds is 7. The summed E-state index contributed by atoms with van der Waals surface area (Å²) in [6.07, 6.45) is 3.16. The van der Waals surface area contributed by atoms with Gasteiger partial charge < -0.3 is 28.4 Å². The van der Waals surface area contributed by atoms with Crippen LogP contribution in [0.1, 0.15) is 30.9 Å². The van der Waals surface area contributed by atoms with Crippen molar-refractivity contribution in [3.63, 3.8) is 0 Å². The summed E-state index contributed by atoms with van der Waals surface area (Å²) >= 11 is 0. The molecule has 0 aliphatic carbocycles. The summed E-state index contributed by atoms with van der Waals surface area (Å²) < 4.78 is 25.1. The van der Waals surface area contributed by atoms with E-state index < -0.39 is 0 Å². The van der Waals surface area contributed by atoms with Crippen LogP contribution in [0.4, 0.5) is 5.69 Å². The normalized spacial score (nSPS) is 20.6. The van der Waals surface area contributed by atoms with Gasteiger partial charge in [0.15, 0.2) is 11.3 Å². The lowest BCUT2D eigenvalue weighted by atomic mass is 9.93. The second kappa shape index (κ2) is 10.5. The minimum Gasteiger partial charge on any atom is -0.476 e. The number of anilines is 1. The minimum atomic E-state index is -0.0995. The van der Waals surface area contributed by atoms with Gasteiger partial charge in [0.2, 0.25) is 0 Å². The first-order valence-electron chi connectivity index (χ1n) is 12.7. The Morgan fingerprint density at radius 3 is 2.71 bits per heavy atom. The highest BCUT2D eigenvalue weighted by atomic mass is 16.6. The Bertz CT molecular complexity index is 1050. The minimum absolute atomic E-state index is 0.00959. The van der Waals surface area contributed by atoms with Crippen LogP contribution in [0.5, 0.6) is 5.88 Å². The highest BCUT2D eigenvalue weighted by molar-refractivity contribution is 5.72. The van der Waals surface area contributed by atoms with Crippen LogP contribution in [-0.2, 0) is 27.2 Å². The maximum atomic E-state index is 12.8. The van der Waals surface area contributed by atoms with Crippen molar-refractivity contribution in [2.75, 3.05) is 57.6 Å². The van der Waals surface area contributed by atoms with E-state index in [-0.39, 0.29) is 11.5 Å². The van der Waals surface area contributed by atoms with Crippen molar-refractivity contribution < 1.29 is 18.9 Å². The lowest BCUT2D eigenvalue weighted by Gasteiger charge is -2.34. The zero-order valence-electron chi connectivity index (χ0n) is 20.4. The van der Waals surface area contributed by atoms with Gasteiger partial charge in [0, 0.05) is 55.7 Å². The Kier molecular flexibility index (Phi) is 7.23. The summed E-state index contributed by atoms with van der Waals surface area (Å²) in [4.78, 5) is 15.3. The molecule has 7 nitrogen and oxygen atoms in total. The maximum Gasteiger partial charge on any atom is 0.197 e. The van der Waals surface area contributed by atoms with Gasteiger partial charge in [-0.05, 0) is 56.7 Å². The molecule has 34 heavy (non-hydrogen) atoms.